The van der Waals surface area contributed by atoms with Gasteiger partial charge in [0.25, 0.3) is 0 Å². The maximum absolute atomic E-state index is 5.43. The molecule has 1 rings (SSSR count). The second-order valence-corrected chi connectivity index (χ2v) is 4.15. The van der Waals surface area contributed by atoms with Crippen molar-refractivity contribution in [3.8, 4) is 0 Å². The summed E-state index contributed by atoms with van der Waals surface area (Å²) in [6, 6.07) is 0. The lowest BCUT2D eigenvalue weighted by Crippen LogP contribution is -2.48. The molecule has 0 saturated carbocycles. The highest BCUT2D eigenvalue weighted by Gasteiger charge is 2.28. The number of hydrogen-bond donors (Lipinski definition) is 0. The van der Waals surface area contributed by atoms with Crippen LogP contribution in [0.25, 0.3) is 0 Å². The smallest absolute Gasteiger partial charge is 0.0994 e. The van der Waals surface area contributed by atoms with Crippen molar-refractivity contribution in [1.82, 2.24) is 4.90 Å². The van der Waals surface area contributed by atoms with Gasteiger partial charge in [0.05, 0.1) is 6.73 Å². The molecule has 2 nitrogen and oxygen atoms in total. The average Bonchev–Trinajstić information content (AvgIpc) is 2.02. The molecule has 0 aromatic heterocycles. The van der Waals surface area contributed by atoms with Gasteiger partial charge < -0.3 is 4.74 Å². The molecular formula is C10H21NO. The summed E-state index contributed by atoms with van der Waals surface area (Å²) in [5.74, 6) is 0. The van der Waals surface area contributed by atoms with E-state index in [0.29, 0.717) is 5.54 Å². The average molecular weight is 171 g/mol. The van der Waals surface area contributed by atoms with Gasteiger partial charge in [-0.25, -0.2) is 0 Å². The lowest BCUT2D eigenvalue weighted by Gasteiger charge is -2.42. The van der Waals surface area contributed by atoms with Gasteiger partial charge >= 0.3 is 0 Å². The number of hydrogen-bond acceptors (Lipinski definition) is 2. The normalized spacial score (nSPS) is 24.2. The molecule has 0 radical (unpaired) electrons. The SMILES string of the molecule is CCOCN1CCCCC1(C)C. The molecule has 1 saturated heterocycles. The van der Waals surface area contributed by atoms with Gasteiger partial charge in [0, 0.05) is 18.7 Å². The van der Waals surface area contributed by atoms with Crippen LogP contribution in [0.2, 0.25) is 0 Å². The number of ether oxygens (including phenoxy) is 1. The molecule has 72 valence electrons. The zero-order valence-electron chi connectivity index (χ0n) is 8.60. The number of piperidine rings is 1. The van der Waals surface area contributed by atoms with Crippen LogP contribution >= 0.6 is 0 Å². The van der Waals surface area contributed by atoms with Gasteiger partial charge in [-0.3, -0.25) is 4.90 Å². The third-order valence-electron chi connectivity index (χ3n) is 2.77. The summed E-state index contributed by atoms with van der Waals surface area (Å²) in [5, 5.41) is 0. The maximum Gasteiger partial charge on any atom is 0.0994 e. The zero-order chi connectivity index (χ0) is 9.03. The predicted molar refractivity (Wildman–Crippen MR) is 51.1 cm³/mol. The van der Waals surface area contributed by atoms with Crippen LogP contribution in [0.3, 0.4) is 0 Å². The Labute approximate surface area is 75.9 Å². The van der Waals surface area contributed by atoms with Crippen LogP contribution in [0.4, 0.5) is 0 Å². The van der Waals surface area contributed by atoms with E-state index in [1.165, 1.54) is 25.8 Å². The zero-order valence-corrected chi connectivity index (χ0v) is 8.60. The Morgan fingerprint density at radius 2 is 2.08 bits per heavy atom. The molecule has 0 atom stereocenters. The molecule has 0 aliphatic carbocycles. The van der Waals surface area contributed by atoms with Crippen LogP contribution in [0.1, 0.15) is 40.0 Å². The first-order valence-electron chi connectivity index (χ1n) is 4.99. The Morgan fingerprint density at radius 3 is 2.67 bits per heavy atom. The van der Waals surface area contributed by atoms with Gasteiger partial charge in [0.2, 0.25) is 0 Å². The van der Waals surface area contributed by atoms with Crippen molar-refractivity contribution in [3.05, 3.63) is 0 Å². The van der Waals surface area contributed by atoms with Crippen LogP contribution in [0.5, 0.6) is 0 Å². The minimum atomic E-state index is 0.355. The summed E-state index contributed by atoms with van der Waals surface area (Å²) in [6.45, 7) is 9.51. The van der Waals surface area contributed by atoms with E-state index in [9.17, 15) is 0 Å². The quantitative estimate of drug-likeness (QED) is 0.645. The van der Waals surface area contributed by atoms with E-state index >= 15 is 0 Å². The second kappa shape index (κ2) is 4.24. The molecule has 0 aromatic rings. The van der Waals surface area contributed by atoms with Crippen molar-refractivity contribution in [1.29, 1.82) is 0 Å². The van der Waals surface area contributed by atoms with E-state index in [4.69, 9.17) is 4.74 Å². The molecule has 0 bridgehead atoms. The van der Waals surface area contributed by atoms with Crippen molar-refractivity contribution >= 4 is 0 Å². The molecule has 0 N–H and O–H groups in total. The molecular weight excluding hydrogens is 150 g/mol. The summed E-state index contributed by atoms with van der Waals surface area (Å²) in [7, 11) is 0. The molecule has 1 fully saturated rings. The molecule has 0 aromatic carbocycles. The van der Waals surface area contributed by atoms with Crippen LogP contribution in [0, 0.1) is 0 Å². The third kappa shape index (κ3) is 2.46. The van der Waals surface area contributed by atoms with Crippen molar-refractivity contribution in [2.24, 2.45) is 0 Å². The van der Waals surface area contributed by atoms with E-state index in [2.05, 4.69) is 25.7 Å². The standard InChI is InChI=1S/C10H21NO/c1-4-12-9-11-8-6-5-7-10(11,2)3/h4-9H2,1-3H3. The fourth-order valence-electron chi connectivity index (χ4n) is 1.76. The van der Waals surface area contributed by atoms with E-state index in [1.54, 1.807) is 0 Å². The number of likely N-dealkylation sites (tertiary alicyclic amines) is 1. The lowest BCUT2D eigenvalue weighted by molar-refractivity contribution is -0.0377. The number of rotatable bonds is 3. The highest BCUT2D eigenvalue weighted by atomic mass is 16.5. The monoisotopic (exact) mass is 171 g/mol. The first-order valence-corrected chi connectivity index (χ1v) is 4.99. The Morgan fingerprint density at radius 1 is 1.33 bits per heavy atom. The maximum atomic E-state index is 5.43. The van der Waals surface area contributed by atoms with E-state index in [0.717, 1.165) is 13.3 Å². The Balaban J connectivity index is 2.37. The molecule has 1 aliphatic heterocycles. The van der Waals surface area contributed by atoms with Gasteiger partial charge in [0.1, 0.15) is 0 Å². The lowest BCUT2D eigenvalue weighted by atomic mass is 9.91. The van der Waals surface area contributed by atoms with Crippen LogP contribution in [-0.4, -0.2) is 30.3 Å². The Bertz CT molecular complexity index is 134. The summed E-state index contributed by atoms with van der Waals surface area (Å²) in [6.07, 6.45) is 4.01. The Kier molecular flexibility index (Phi) is 3.53. The number of nitrogens with zero attached hydrogens (tertiary/aromatic N) is 1. The summed E-state index contributed by atoms with van der Waals surface area (Å²) >= 11 is 0. The largest absolute Gasteiger partial charge is 0.366 e. The first kappa shape index (κ1) is 10.0. The van der Waals surface area contributed by atoms with Gasteiger partial charge in [0.15, 0.2) is 0 Å². The fourth-order valence-corrected chi connectivity index (χ4v) is 1.76. The second-order valence-electron chi connectivity index (χ2n) is 4.15. The summed E-state index contributed by atoms with van der Waals surface area (Å²) in [4.78, 5) is 2.44. The van der Waals surface area contributed by atoms with Crippen LogP contribution in [0.15, 0.2) is 0 Å². The third-order valence-corrected chi connectivity index (χ3v) is 2.77. The van der Waals surface area contributed by atoms with Crippen molar-refractivity contribution in [3.63, 3.8) is 0 Å². The van der Waals surface area contributed by atoms with Crippen molar-refractivity contribution in [2.45, 2.75) is 45.6 Å². The van der Waals surface area contributed by atoms with Crippen molar-refractivity contribution < 1.29 is 4.74 Å². The van der Waals surface area contributed by atoms with Gasteiger partial charge in [-0.15, -0.1) is 0 Å². The first-order chi connectivity index (χ1) is 5.67. The van der Waals surface area contributed by atoms with E-state index < -0.39 is 0 Å². The summed E-state index contributed by atoms with van der Waals surface area (Å²) < 4.78 is 5.43. The molecule has 0 amide bonds. The molecule has 1 heterocycles. The summed E-state index contributed by atoms with van der Waals surface area (Å²) in [5.41, 5.74) is 0.355. The Hall–Kier alpha value is -0.0800. The highest BCUT2D eigenvalue weighted by molar-refractivity contribution is 4.83. The predicted octanol–water partition coefficient (Wildman–Crippen LogP) is 2.24. The van der Waals surface area contributed by atoms with Gasteiger partial charge in [-0.2, -0.15) is 0 Å². The molecule has 12 heavy (non-hydrogen) atoms. The van der Waals surface area contributed by atoms with Crippen LogP contribution in [-0.2, 0) is 4.74 Å². The van der Waals surface area contributed by atoms with Crippen molar-refractivity contribution in [2.75, 3.05) is 19.9 Å². The van der Waals surface area contributed by atoms with Gasteiger partial charge in [-0.05, 0) is 33.6 Å². The minimum absolute atomic E-state index is 0.355. The molecule has 1 aliphatic rings. The van der Waals surface area contributed by atoms with E-state index in [-0.39, 0.29) is 0 Å². The molecule has 2 heteroatoms. The highest BCUT2D eigenvalue weighted by Crippen LogP contribution is 2.26. The molecule has 0 spiro atoms. The van der Waals surface area contributed by atoms with Gasteiger partial charge in [-0.1, -0.05) is 6.42 Å². The molecule has 0 unspecified atom stereocenters. The fraction of sp³-hybridized carbons (Fsp3) is 1.00. The van der Waals surface area contributed by atoms with Crippen LogP contribution < -0.4 is 0 Å². The van der Waals surface area contributed by atoms with E-state index in [1.807, 2.05) is 0 Å². The topological polar surface area (TPSA) is 12.5 Å². The minimum Gasteiger partial charge on any atom is -0.366 e.